The molecule has 0 unspecified atom stereocenters. The number of rotatable bonds is 4. The molecular weight excluding hydrogens is 252 g/mol. The van der Waals surface area contributed by atoms with Gasteiger partial charge in [0.05, 0.1) is 0 Å². The molecule has 0 aliphatic rings. The second kappa shape index (κ2) is 6.05. The molecule has 1 aromatic heterocycles. The third kappa shape index (κ3) is 3.46. The minimum atomic E-state index is 0.618. The number of hydrogen-bond acceptors (Lipinski definition) is 3. The van der Waals surface area contributed by atoms with Crippen LogP contribution in [0.4, 0.5) is 0 Å². The Kier molecular flexibility index (Phi) is 4.42. The summed E-state index contributed by atoms with van der Waals surface area (Å²) in [5, 5.41) is 1.74. The van der Waals surface area contributed by atoms with Gasteiger partial charge in [0.15, 0.2) is 0 Å². The second-order valence-electron chi connectivity index (χ2n) is 3.56. The van der Waals surface area contributed by atoms with Crippen LogP contribution in [-0.2, 0) is 6.42 Å². The van der Waals surface area contributed by atoms with Crippen LogP contribution >= 0.6 is 23.4 Å². The zero-order valence-corrected chi connectivity index (χ0v) is 10.8. The molecule has 88 valence electrons. The van der Waals surface area contributed by atoms with E-state index < -0.39 is 0 Å². The maximum atomic E-state index is 6.19. The number of hydrogen-bond donors (Lipinski definition) is 1. The Morgan fingerprint density at radius 1 is 1.24 bits per heavy atom. The summed E-state index contributed by atoms with van der Waals surface area (Å²) in [4.78, 5) is 5.35. The Hall–Kier alpha value is -1.03. The maximum absolute atomic E-state index is 6.19. The molecule has 0 amide bonds. The van der Waals surface area contributed by atoms with Crippen molar-refractivity contribution >= 4 is 23.4 Å². The maximum Gasteiger partial charge on any atom is 0.101 e. The van der Waals surface area contributed by atoms with Crippen molar-refractivity contribution in [2.45, 2.75) is 16.3 Å². The molecule has 0 aliphatic heterocycles. The van der Waals surface area contributed by atoms with E-state index in [-0.39, 0.29) is 0 Å². The molecule has 0 atom stereocenters. The number of benzene rings is 1. The summed E-state index contributed by atoms with van der Waals surface area (Å²) < 4.78 is 0. The minimum absolute atomic E-state index is 0.618. The van der Waals surface area contributed by atoms with Crippen LogP contribution < -0.4 is 5.73 Å². The number of nitrogens with two attached hydrogens (primary N) is 1. The zero-order valence-electron chi connectivity index (χ0n) is 9.27. The average molecular weight is 265 g/mol. The molecule has 0 bridgehead atoms. The number of halogens is 1. The van der Waals surface area contributed by atoms with Crippen LogP contribution in [-0.4, -0.2) is 11.5 Å². The predicted octanol–water partition coefficient (Wildman–Crippen LogP) is 3.39. The predicted molar refractivity (Wildman–Crippen MR) is 72.6 cm³/mol. The topological polar surface area (TPSA) is 38.9 Å². The molecule has 0 aliphatic carbocycles. The molecule has 17 heavy (non-hydrogen) atoms. The third-order valence-corrected chi connectivity index (χ3v) is 3.59. The highest BCUT2D eigenvalue weighted by Gasteiger charge is 2.03. The Bertz CT molecular complexity index is 488. The Morgan fingerprint density at radius 3 is 2.76 bits per heavy atom. The van der Waals surface area contributed by atoms with Gasteiger partial charge >= 0.3 is 0 Å². The lowest BCUT2D eigenvalue weighted by atomic mass is 10.1. The van der Waals surface area contributed by atoms with Crippen LogP contribution in [0.15, 0.2) is 52.5 Å². The monoisotopic (exact) mass is 264 g/mol. The first kappa shape index (κ1) is 12.4. The fourth-order valence-corrected chi connectivity index (χ4v) is 2.63. The van der Waals surface area contributed by atoms with Crippen molar-refractivity contribution in [2.24, 2.45) is 5.73 Å². The van der Waals surface area contributed by atoms with E-state index in [1.165, 1.54) is 0 Å². The van der Waals surface area contributed by atoms with Gasteiger partial charge in [-0.2, -0.15) is 0 Å². The molecule has 2 rings (SSSR count). The van der Waals surface area contributed by atoms with E-state index in [4.69, 9.17) is 17.3 Å². The summed E-state index contributed by atoms with van der Waals surface area (Å²) >= 11 is 7.79. The summed E-state index contributed by atoms with van der Waals surface area (Å²) in [6.45, 7) is 0.618. The highest BCUT2D eigenvalue weighted by atomic mass is 35.5. The van der Waals surface area contributed by atoms with E-state index in [1.807, 2.05) is 30.3 Å². The summed E-state index contributed by atoms with van der Waals surface area (Å²) in [5.74, 6) is 0. The van der Waals surface area contributed by atoms with Gasteiger partial charge in [0, 0.05) is 16.1 Å². The van der Waals surface area contributed by atoms with Gasteiger partial charge in [0.2, 0.25) is 0 Å². The standard InChI is InChI=1S/C13H13ClN2S/c14-12-9-11(5-4-10(12)6-7-15)17-13-3-1-2-8-16-13/h1-5,8-9H,6-7,15H2. The fraction of sp³-hybridized carbons (Fsp3) is 0.154. The molecule has 4 heteroatoms. The van der Waals surface area contributed by atoms with Crippen molar-refractivity contribution in [2.75, 3.05) is 6.54 Å². The Morgan fingerprint density at radius 2 is 2.12 bits per heavy atom. The van der Waals surface area contributed by atoms with E-state index in [0.29, 0.717) is 6.54 Å². The number of nitrogens with zero attached hydrogens (tertiary/aromatic N) is 1. The molecule has 0 saturated carbocycles. The molecule has 2 aromatic rings. The highest BCUT2D eigenvalue weighted by molar-refractivity contribution is 7.99. The zero-order chi connectivity index (χ0) is 12.1. The van der Waals surface area contributed by atoms with Crippen LogP contribution in [0.2, 0.25) is 5.02 Å². The van der Waals surface area contributed by atoms with E-state index in [0.717, 1.165) is 26.9 Å². The summed E-state index contributed by atoms with van der Waals surface area (Å²) in [7, 11) is 0. The van der Waals surface area contributed by atoms with Crippen LogP contribution in [0.25, 0.3) is 0 Å². The van der Waals surface area contributed by atoms with Crippen molar-refractivity contribution < 1.29 is 0 Å². The van der Waals surface area contributed by atoms with E-state index in [2.05, 4.69) is 11.1 Å². The summed E-state index contributed by atoms with van der Waals surface area (Å²) in [6.07, 6.45) is 2.60. The van der Waals surface area contributed by atoms with Gasteiger partial charge < -0.3 is 5.73 Å². The lowest BCUT2D eigenvalue weighted by Gasteiger charge is -2.05. The molecule has 2 N–H and O–H groups in total. The fourth-order valence-electron chi connectivity index (χ4n) is 1.48. The van der Waals surface area contributed by atoms with Crippen LogP contribution in [0.1, 0.15) is 5.56 Å². The van der Waals surface area contributed by atoms with Gasteiger partial charge in [-0.3, -0.25) is 0 Å². The molecule has 0 spiro atoms. The van der Waals surface area contributed by atoms with Gasteiger partial charge in [0.1, 0.15) is 5.03 Å². The first-order valence-corrected chi connectivity index (χ1v) is 6.56. The molecular formula is C13H13ClN2S. The second-order valence-corrected chi connectivity index (χ2v) is 5.06. The first-order chi connectivity index (χ1) is 8.29. The van der Waals surface area contributed by atoms with Crippen LogP contribution in [0.5, 0.6) is 0 Å². The summed E-state index contributed by atoms with van der Waals surface area (Å²) in [5.41, 5.74) is 6.61. The van der Waals surface area contributed by atoms with Gasteiger partial charge in [-0.05, 0) is 42.8 Å². The van der Waals surface area contributed by atoms with E-state index >= 15 is 0 Å². The Balaban J connectivity index is 2.15. The lowest BCUT2D eigenvalue weighted by molar-refractivity contribution is 0.966. The summed E-state index contributed by atoms with van der Waals surface area (Å²) in [6, 6.07) is 11.9. The smallest absolute Gasteiger partial charge is 0.101 e. The Labute approximate surface area is 110 Å². The van der Waals surface area contributed by atoms with Crippen molar-refractivity contribution in [1.82, 2.24) is 4.98 Å². The molecule has 0 fully saturated rings. The number of pyridine rings is 1. The van der Waals surface area contributed by atoms with Crippen LogP contribution in [0, 0.1) is 0 Å². The van der Waals surface area contributed by atoms with Crippen molar-refractivity contribution in [3.8, 4) is 0 Å². The molecule has 0 radical (unpaired) electrons. The van der Waals surface area contributed by atoms with Gasteiger partial charge in [0.25, 0.3) is 0 Å². The normalized spacial score (nSPS) is 10.5. The molecule has 1 aromatic carbocycles. The van der Waals surface area contributed by atoms with Crippen molar-refractivity contribution in [3.05, 3.63) is 53.2 Å². The van der Waals surface area contributed by atoms with Crippen molar-refractivity contribution in [1.29, 1.82) is 0 Å². The van der Waals surface area contributed by atoms with Gasteiger partial charge in [-0.15, -0.1) is 0 Å². The van der Waals surface area contributed by atoms with Gasteiger partial charge in [-0.1, -0.05) is 35.5 Å². The van der Waals surface area contributed by atoms with E-state index in [1.54, 1.807) is 18.0 Å². The molecule has 2 nitrogen and oxygen atoms in total. The van der Waals surface area contributed by atoms with E-state index in [9.17, 15) is 0 Å². The molecule has 1 heterocycles. The SMILES string of the molecule is NCCc1ccc(Sc2ccccn2)cc1Cl. The van der Waals surface area contributed by atoms with Gasteiger partial charge in [-0.25, -0.2) is 4.98 Å². The number of aromatic nitrogens is 1. The highest BCUT2D eigenvalue weighted by Crippen LogP contribution is 2.29. The quantitative estimate of drug-likeness (QED) is 0.920. The largest absolute Gasteiger partial charge is 0.330 e. The first-order valence-electron chi connectivity index (χ1n) is 5.37. The lowest BCUT2D eigenvalue weighted by Crippen LogP contribution is -2.02. The third-order valence-electron chi connectivity index (χ3n) is 2.30. The average Bonchev–Trinajstić information content (AvgIpc) is 2.34. The minimum Gasteiger partial charge on any atom is -0.330 e. The van der Waals surface area contributed by atoms with Crippen LogP contribution in [0.3, 0.4) is 0 Å². The van der Waals surface area contributed by atoms with Crippen molar-refractivity contribution in [3.63, 3.8) is 0 Å². The molecule has 0 saturated heterocycles.